The molecule has 0 aliphatic rings. The molecule has 2 aromatic carbocycles. The van der Waals surface area contributed by atoms with E-state index in [0.29, 0.717) is 11.7 Å². The molecule has 0 bridgehead atoms. The molecule has 4 aromatic heterocycles. The van der Waals surface area contributed by atoms with Gasteiger partial charge in [-0.25, -0.2) is 14.6 Å². The molecule has 31 heavy (non-hydrogen) atoms. The maximum absolute atomic E-state index is 5.49. The molecule has 0 atom stereocenters. The smallest absolute Gasteiger partial charge is 0.258 e. The molecule has 9 heteroatoms. The number of aryl methyl sites for hydroxylation is 1. The van der Waals surface area contributed by atoms with Gasteiger partial charge in [0.05, 0.1) is 16.6 Å². The van der Waals surface area contributed by atoms with E-state index in [1.54, 1.807) is 12.5 Å². The van der Waals surface area contributed by atoms with Crippen LogP contribution in [0.15, 0.2) is 71.6 Å². The van der Waals surface area contributed by atoms with Crippen LogP contribution in [0.25, 0.3) is 50.7 Å². The van der Waals surface area contributed by atoms with E-state index in [1.807, 2.05) is 70.8 Å². The Kier molecular flexibility index (Phi) is 3.85. The normalized spacial score (nSPS) is 11.5. The molecule has 6 aromatic rings. The standard InChI is InChI=1S/C22H16N8O/c1-2-30-19-9-7-14(11-17(19)26-28-30)22-25-21(27-31-22)15-8-10-20(23-12-15)29-13-24-16-5-3-4-6-18(16)29/h3-13H,2H2,1H3. The summed E-state index contributed by atoms with van der Waals surface area (Å²) in [6.45, 7) is 2.79. The Morgan fingerprint density at radius 2 is 1.81 bits per heavy atom. The monoisotopic (exact) mass is 408 g/mol. The molecule has 0 spiro atoms. The second-order valence-corrected chi connectivity index (χ2v) is 7.04. The predicted molar refractivity (Wildman–Crippen MR) is 114 cm³/mol. The molecule has 0 saturated carbocycles. The largest absolute Gasteiger partial charge is 0.334 e. The second kappa shape index (κ2) is 6.84. The molecule has 150 valence electrons. The summed E-state index contributed by atoms with van der Waals surface area (Å²) < 4.78 is 9.27. The van der Waals surface area contributed by atoms with Crippen LogP contribution in [0.3, 0.4) is 0 Å². The Hall–Kier alpha value is -4.40. The fraction of sp³-hybridized carbons (Fsp3) is 0.0909. The SMILES string of the molecule is CCn1nnc2cc(-c3nc(-c4ccc(-n5cnc6ccccc65)nc4)no3)ccc21. The number of nitrogens with zero attached hydrogens (tertiary/aromatic N) is 8. The van der Waals surface area contributed by atoms with E-state index in [0.717, 1.165) is 45.6 Å². The highest BCUT2D eigenvalue weighted by Crippen LogP contribution is 2.25. The Morgan fingerprint density at radius 1 is 0.903 bits per heavy atom. The van der Waals surface area contributed by atoms with Gasteiger partial charge in [-0.05, 0) is 49.4 Å². The average molecular weight is 408 g/mol. The van der Waals surface area contributed by atoms with Gasteiger partial charge < -0.3 is 4.52 Å². The van der Waals surface area contributed by atoms with E-state index in [9.17, 15) is 0 Å². The van der Waals surface area contributed by atoms with Gasteiger partial charge in [0, 0.05) is 23.9 Å². The minimum Gasteiger partial charge on any atom is -0.334 e. The first-order valence-electron chi connectivity index (χ1n) is 9.86. The number of hydrogen-bond acceptors (Lipinski definition) is 7. The van der Waals surface area contributed by atoms with Crippen LogP contribution in [0.2, 0.25) is 0 Å². The molecular weight excluding hydrogens is 392 g/mol. The molecule has 9 nitrogen and oxygen atoms in total. The lowest BCUT2D eigenvalue weighted by molar-refractivity contribution is 0.432. The zero-order valence-electron chi connectivity index (χ0n) is 16.5. The maximum Gasteiger partial charge on any atom is 0.258 e. The van der Waals surface area contributed by atoms with Gasteiger partial charge in [0.15, 0.2) is 0 Å². The fourth-order valence-corrected chi connectivity index (χ4v) is 3.60. The Labute approximate surface area is 176 Å². The van der Waals surface area contributed by atoms with Crippen molar-refractivity contribution in [2.75, 3.05) is 0 Å². The topological polar surface area (TPSA) is 100 Å². The number of hydrogen-bond donors (Lipinski definition) is 0. The van der Waals surface area contributed by atoms with Crippen LogP contribution in [-0.2, 0) is 6.54 Å². The number of benzene rings is 2. The van der Waals surface area contributed by atoms with Gasteiger partial charge >= 0.3 is 0 Å². The van der Waals surface area contributed by atoms with E-state index in [4.69, 9.17) is 4.52 Å². The van der Waals surface area contributed by atoms with E-state index in [-0.39, 0.29) is 0 Å². The first kappa shape index (κ1) is 17.5. The lowest BCUT2D eigenvalue weighted by Gasteiger charge is -2.03. The molecule has 0 aliphatic carbocycles. The van der Waals surface area contributed by atoms with Crippen molar-refractivity contribution in [2.45, 2.75) is 13.5 Å². The van der Waals surface area contributed by atoms with Gasteiger partial charge in [-0.15, -0.1) is 5.10 Å². The zero-order valence-corrected chi connectivity index (χ0v) is 16.5. The molecule has 0 saturated heterocycles. The number of rotatable bonds is 4. The highest BCUT2D eigenvalue weighted by atomic mass is 16.5. The zero-order chi connectivity index (χ0) is 20.8. The summed E-state index contributed by atoms with van der Waals surface area (Å²) in [6, 6.07) is 17.6. The number of para-hydroxylation sites is 2. The van der Waals surface area contributed by atoms with Gasteiger partial charge in [-0.1, -0.05) is 22.5 Å². The van der Waals surface area contributed by atoms with Crippen LogP contribution in [-0.4, -0.2) is 39.7 Å². The summed E-state index contributed by atoms with van der Waals surface area (Å²) in [4.78, 5) is 13.5. The van der Waals surface area contributed by atoms with Crippen LogP contribution in [0.4, 0.5) is 0 Å². The van der Waals surface area contributed by atoms with Crippen LogP contribution < -0.4 is 0 Å². The number of aromatic nitrogens is 8. The average Bonchev–Trinajstić information content (AvgIpc) is 3.56. The van der Waals surface area contributed by atoms with Crippen molar-refractivity contribution in [1.29, 1.82) is 0 Å². The number of imidazole rings is 1. The summed E-state index contributed by atoms with van der Waals surface area (Å²) in [5.74, 6) is 1.67. The summed E-state index contributed by atoms with van der Waals surface area (Å²) in [5, 5.41) is 12.5. The van der Waals surface area contributed by atoms with Crippen LogP contribution in [0.1, 0.15) is 6.92 Å². The molecule has 0 radical (unpaired) electrons. The Morgan fingerprint density at radius 3 is 2.68 bits per heavy atom. The first-order valence-corrected chi connectivity index (χ1v) is 9.86. The van der Waals surface area contributed by atoms with E-state index in [1.165, 1.54) is 0 Å². The molecule has 0 aliphatic heterocycles. The quantitative estimate of drug-likeness (QED) is 0.436. The molecule has 0 unspecified atom stereocenters. The van der Waals surface area contributed by atoms with E-state index < -0.39 is 0 Å². The summed E-state index contributed by atoms with van der Waals surface area (Å²) >= 11 is 0. The molecule has 6 rings (SSSR count). The van der Waals surface area contributed by atoms with Crippen molar-refractivity contribution in [1.82, 2.24) is 39.7 Å². The minimum absolute atomic E-state index is 0.424. The lowest BCUT2D eigenvalue weighted by atomic mass is 10.2. The third kappa shape index (κ3) is 2.86. The fourth-order valence-electron chi connectivity index (χ4n) is 3.60. The highest BCUT2D eigenvalue weighted by Gasteiger charge is 2.14. The third-order valence-corrected chi connectivity index (χ3v) is 5.19. The molecule has 0 amide bonds. The van der Waals surface area contributed by atoms with Crippen molar-refractivity contribution in [3.05, 3.63) is 67.1 Å². The highest BCUT2D eigenvalue weighted by molar-refractivity contribution is 5.80. The molecule has 0 N–H and O–H groups in total. The van der Waals surface area contributed by atoms with Crippen molar-refractivity contribution in [2.24, 2.45) is 0 Å². The summed E-state index contributed by atoms with van der Waals surface area (Å²) in [5.41, 5.74) is 5.24. The van der Waals surface area contributed by atoms with Gasteiger partial charge in [0.25, 0.3) is 5.89 Å². The number of pyridine rings is 1. The van der Waals surface area contributed by atoms with Crippen LogP contribution >= 0.6 is 0 Å². The molecule has 4 heterocycles. The van der Waals surface area contributed by atoms with Crippen molar-refractivity contribution < 1.29 is 4.52 Å². The maximum atomic E-state index is 5.49. The van der Waals surface area contributed by atoms with Crippen molar-refractivity contribution >= 4 is 22.1 Å². The van der Waals surface area contributed by atoms with Gasteiger partial charge in [0.1, 0.15) is 17.7 Å². The third-order valence-electron chi connectivity index (χ3n) is 5.19. The van der Waals surface area contributed by atoms with Crippen LogP contribution in [0.5, 0.6) is 0 Å². The van der Waals surface area contributed by atoms with Gasteiger partial charge in [-0.2, -0.15) is 4.98 Å². The van der Waals surface area contributed by atoms with E-state index >= 15 is 0 Å². The summed E-state index contributed by atoms with van der Waals surface area (Å²) in [7, 11) is 0. The lowest BCUT2D eigenvalue weighted by Crippen LogP contribution is -1.95. The van der Waals surface area contributed by atoms with E-state index in [2.05, 4.69) is 30.4 Å². The minimum atomic E-state index is 0.424. The number of fused-ring (bicyclic) bond motifs is 2. The molecular formula is C22H16N8O. The summed E-state index contributed by atoms with van der Waals surface area (Å²) in [6.07, 6.45) is 3.50. The predicted octanol–water partition coefficient (Wildman–Crippen LogP) is 3.90. The second-order valence-electron chi connectivity index (χ2n) is 7.04. The van der Waals surface area contributed by atoms with Gasteiger partial charge in [0.2, 0.25) is 5.82 Å². The molecule has 0 fully saturated rings. The van der Waals surface area contributed by atoms with Crippen molar-refractivity contribution in [3.8, 4) is 28.7 Å². The Bertz CT molecular complexity index is 1530. The van der Waals surface area contributed by atoms with Crippen molar-refractivity contribution in [3.63, 3.8) is 0 Å². The Balaban J connectivity index is 1.31. The van der Waals surface area contributed by atoms with Crippen LogP contribution in [0, 0.1) is 0 Å². The van der Waals surface area contributed by atoms with Gasteiger partial charge in [-0.3, -0.25) is 4.57 Å². The first-order chi connectivity index (χ1) is 15.3.